The molecule has 1 aliphatic heterocycles. The van der Waals surface area contributed by atoms with E-state index in [9.17, 15) is 10.2 Å². The van der Waals surface area contributed by atoms with Gasteiger partial charge in [-0.2, -0.15) is 0 Å². The van der Waals surface area contributed by atoms with Crippen molar-refractivity contribution in [2.75, 3.05) is 19.6 Å². The smallest absolute Gasteiger partial charge is 0.117 e. The Morgan fingerprint density at radius 2 is 1.38 bits per heavy atom. The van der Waals surface area contributed by atoms with E-state index in [1.165, 1.54) is 0 Å². The summed E-state index contributed by atoms with van der Waals surface area (Å²) >= 11 is 3.44. The van der Waals surface area contributed by atoms with Crippen LogP contribution in [0, 0.1) is 5.92 Å². The van der Waals surface area contributed by atoms with Crippen LogP contribution in [0.4, 0.5) is 0 Å². The lowest BCUT2D eigenvalue weighted by Gasteiger charge is -2.42. The van der Waals surface area contributed by atoms with Crippen molar-refractivity contribution in [2.45, 2.75) is 37.4 Å². The highest BCUT2D eigenvalue weighted by atomic mass is 79.9. The van der Waals surface area contributed by atoms with Crippen molar-refractivity contribution in [1.82, 2.24) is 4.90 Å². The lowest BCUT2D eigenvalue weighted by atomic mass is 9.72. The molecule has 4 rings (SSSR count). The third-order valence-corrected chi connectivity index (χ3v) is 7.34. The fourth-order valence-electron chi connectivity index (χ4n) is 4.96. The lowest BCUT2D eigenvalue weighted by molar-refractivity contribution is -0.0146. The first-order valence-electron chi connectivity index (χ1n) is 11.6. The first-order valence-corrected chi connectivity index (χ1v) is 12.4. The van der Waals surface area contributed by atoms with E-state index in [1.807, 2.05) is 84.9 Å². The molecule has 2 N–H and O–H groups in total. The zero-order valence-electron chi connectivity index (χ0n) is 18.4. The minimum absolute atomic E-state index is 0.178. The molecule has 0 saturated carbocycles. The van der Waals surface area contributed by atoms with Gasteiger partial charge in [0.15, 0.2) is 0 Å². The number of nitrogens with zero attached hydrogens (tertiary/aromatic N) is 1. The molecule has 0 amide bonds. The van der Waals surface area contributed by atoms with Gasteiger partial charge in [0.2, 0.25) is 0 Å². The predicted octanol–water partition coefficient (Wildman–Crippen LogP) is 5.91. The highest BCUT2D eigenvalue weighted by Crippen LogP contribution is 2.41. The van der Waals surface area contributed by atoms with E-state index in [0.29, 0.717) is 0 Å². The zero-order chi connectivity index (χ0) is 22.4. The first kappa shape index (κ1) is 23.2. The molecule has 0 aromatic heterocycles. The molecular formula is C28H32BrNO2. The monoisotopic (exact) mass is 493 g/mol. The number of piperidine rings is 1. The number of aliphatic hydroxyl groups excluding tert-OH is 1. The highest BCUT2D eigenvalue weighted by molar-refractivity contribution is 9.10. The molecule has 1 saturated heterocycles. The quantitative estimate of drug-likeness (QED) is 0.409. The maximum absolute atomic E-state index is 12.0. The zero-order valence-corrected chi connectivity index (χ0v) is 20.0. The molecule has 0 spiro atoms. The maximum atomic E-state index is 12.0. The fraction of sp³-hybridized carbons (Fsp3) is 0.357. The van der Waals surface area contributed by atoms with E-state index in [1.54, 1.807) is 0 Å². The van der Waals surface area contributed by atoms with Crippen molar-refractivity contribution in [3.05, 3.63) is 106 Å². The Labute approximate surface area is 199 Å². The van der Waals surface area contributed by atoms with Crippen molar-refractivity contribution in [3.8, 4) is 0 Å². The van der Waals surface area contributed by atoms with Gasteiger partial charge in [-0.05, 0) is 80.1 Å². The summed E-state index contributed by atoms with van der Waals surface area (Å²) < 4.78 is 1.03. The summed E-state index contributed by atoms with van der Waals surface area (Å²) in [6.07, 6.45) is 3.22. The van der Waals surface area contributed by atoms with Crippen molar-refractivity contribution >= 4 is 15.9 Å². The van der Waals surface area contributed by atoms with E-state index in [-0.39, 0.29) is 5.92 Å². The molecule has 1 unspecified atom stereocenters. The summed E-state index contributed by atoms with van der Waals surface area (Å²) in [7, 11) is 0. The molecule has 0 aliphatic carbocycles. The van der Waals surface area contributed by atoms with Crippen LogP contribution in [-0.4, -0.2) is 34.7 Å². The molecule has 0 radical (unpaired) electrons. The van der Waals surface area contributed by atoms with E-state index in [2.05, 4.69) is 20.8 Å². The Morgan fingerprint density at radius 3 is 1.91 bits per heavy atom. The Morgan fingerprint density at radius 1 is 0.844 bits per heavy atom. The Kier molecular flexibility index (Phi) is 7.80. The second-order valence-electron chi connectivity index (χ2n) is 8.82. The number of hydrogen-bond acceptors (Lipinski definition) is 3. The molecule has 3 aromatic rings. The summed E-state index contributed by atoms with van der Waals surface area (Å²) in [6, 6.07) is 28.1. The second-order valence-corrected chi connectivity index (χ2v) is 9.74. The van der Waals surface area contributed by atoms with Gasteiger partial charge in [0, 0.05) is 4.47 Å². The van der Waals surface area contributed by atoms with Crippen LogP contribution < -0.4 is 0 Å². The first-order chi connectivity index (χ1) is 15.6. The van der Waals surface area contributed by atoms with Gasteiger partial charge in [-0.15, -0.1) is 0 Å². The van der Waals surface area contributed by atoms with Gasteiger partial charge in [-0.3, -0.25) is 0 Å². The van der Waals surface area contributed by atoms with Crippen LogP contribution in [-0.2, 0) is 5.60 Å². The normalized spacial score (nSPS) is 16.7. The Balaban J connectivity index is 1.35. The molecule has 3 aromatic carbocycles. The van der Waals surface area contributed by atoms with E-state index in [4.69, 9.17) is 0 Å². The Bertz CT molecular complexity index is 914. The molecule has 1 heterocycles. The fourth-order valence-corrected chi connectivity index (χ4v) is 5.22. The number of benzene rings is 3. The standard InChI is InChI=1S/C28H32BrNO2/c29-26-15-13-22(14-16-26)27(31)12-7-19-30-20-17-25(18-21-30)28(32,23-8-3-1-4-9-23)24-10-5-2-6-11-24/h1-6,8-11,13-16,25,27,31-32H,7,12,17-21H2. The minimum atomic E-state index is -0.966. The summed E-state index contributed by atoms with van der Waals surface area (Å²) in [6.45, 7) is 2.93. The van der Waals surface area contributed by atoms with Gasteiger partial charge < -0.3 is 15.1 Å². The van der Waals surface area contributed by atoms with Crippen LogP contribution in [0.3, 0.4) is 0 Å². The summed E-state index contributed by atoms with van der Waals surface area (Å²) in [5.74, 6) is 0.178. The molecule has 3 nitrogen and oxygen atoms in total. The van der Waals surface area contributed by atoms with Gasteiger partial charge >= 0.3 is 0 Å². The number of hydrogen-bond donors (Lipinski definition) is 2. The van der Waals surface area contributed by atoms with E-state index >= 15 is 0 Å². The van der Waals surface area contributed by atoms with Crippen molar-refractivity contribution in [2.24, 2.45) is 5.92 Å². The molecule has 168 valence electrons. The molecule has 1 atom stereocenters. The minimum Gasteiger partial charge on any atom is -0.388 e. The van der Waals surface area contributed by atoms with Crippen LogP contribution in [0.2, 0.25) is 0 Å². The number of rotatable bonds is 8. The largest absolute Gasteiger partial charge is 0.388 e. The average molecular weight is 494 g/mol. The van der Waals surface area contributed by atoms with Crippen LogP contribution in [0.15, 0.2) is 89.4 Å². The summed E-state index contributed by atoms with van der Waals surface area (Å²) in [4.78, 5) is 2.47. The second kappa shape index (κ2) is 10.8. The van der Waals surface area contributed by atoms with Crippen molar-refractivity contribution < 1.29 is 10.2 Å². The molecule has 32 heavy (non-hydrogen) atoms. The van der Waals surface area contributed by atoms with Gasteiger partial charge in [-0.1, -0.05) is 88.7 Å². The summed E-state index contributed by atoms with van der Waals surface area (Å²) in [5.41, 5.74) is 1.96. The number of likely N-dealkylation sites (tertiary alicyclic amines) is 1. The third kappa shape index (κ3) is 5.32. The van der Waals surface area contributed by atoms with Crippen LogP contribution >= 0.6 is 15.9 Å². The summed E-state index contributed by atoms with van der Waals surface area (Å²) in [5, 5.41) is 22.5. The number of halogens is 1. The van der Waals surface area contributed by atoms with Gasteiger partial charge in [0.05, 0.1) is 6.10 Å². The van der Waals surface area contributed by atoms with E-state index in [0.717, 1.165) is 66.5 Å². The van der Waals surface area contributed by atoms with Gasteiger partial charge in [0.25, 0.3) is 0 Å². The molecule has 0 bridgehead atoms. The molecular weight excluding hydrogens is 462 g/mol. The van der Waals surface area contributed by atoms with Gasteiger partial charge in [0.1, 0.15) is 5.60 Å². The molecule has 1 fully saturated rings. The predicted molar refractivity (Wildman–Crippen MR) is 133 cm³/mol. The lowest BCUT2D eigenvalue weighted by Crippen LogP contribution is -2.44. The SMILES string of the molecule is OC(CCCN1CCC(C(O)(c2ccccc2)c2ccccc2)CC1)c1ccc(Br)cc1. The van der Waals surface area contributed by atoms with Crippen LogP contribution in [0.25, 0.3) is 0 Å². The van der Waals surface area contributed by atoms with Crippen molar-refractivity contribution in [1.29, 1.82) is 0 Å². The molecule has 1 aliphatic rings. The Hall–Kier alpha value is -1.98. The average Bonchev–Trinajstić information content (AvgIpc) is 2.85. The maximum Gasteiger partial charge on any atom is 0.117 e. The third-order valence-electron chi connectivity index (χ3n) is 6.81. The van der Waals surface area contributed by atoms with Crippen molar-refractivity contribution in [3.63, 3.8) is 0 Å². The van der Waals surface area contributed by atoms with Gasteiger partial charge in [-0.25, -0.2) is 0 Å². The van der Waals surface area contributed by atoms with Crippen LogP contribution in [0.1, 0.15) is 48.5 Å². The van der Waals surface area contributed by atoms with E-state index < -0.39 is 11.7 Å². The number of aliphatic hydroxyl groups is 2. The van der Waals surface area contributed by atoms with Crippen LogP contribution in [0.5, 0.6) is 0 Å². The topological polar surface area (TPSA) is 43.7 Å². The highest BCUT2D eigenvalue weighted by Gasteiger charge is 2.41. The molecule has 4 heteroatoms.